The van der Waals surface area contributed by atoms with E-state index in [1.54, 1.807) is 21.3 Å². The van der Waals surface area contributed by atoms with E-state index in [0.29, 0.717) is 18.0 Å². The molecule has 0 amide bonds. The number of rotatable bonds is 8. The summed E-state index contributed by atoms with van der Waals surface area (Å²) < 4.78 is 16.0. The van der Waals surface area contributed by atoms with Crippen molar-refractivity contribution in [2.24, 2.45) is 4.99 Å². The summed E-state index contributed by atoms with van der Waals surface area (Å²) in [5.41, 5.74) is 0.939. The highest BCUT2D eigenvalue weighted by molar-refractivity contribution is 5.79. The molecule has 6 heteroatoms. The number of guanidine groups is 1. The molecule has 6 nitrogen and oxygen atoms in total. The molecule has 0 fully saturated rings. The fourth-order valence-corrected chi connectivity index (χ4v) is 1.97. The normalized spacial score (nSPS) is 11.0. The molecular weight excluding hydrogens is 282 g/mol. The molecule has 1 aromatic rings. The van der Waals surface area contributed by atoms with Gasteiger partial charge < -0.3 is 24.8 Å². The van der Waals surface area contributed by atoms with Crippen LogP contribution in [0.4, 0.5) is 0 Å². The van der Waals surface area contributed by atoms with E-state index < -0.39 is 0 Å². The standard InChI is InChI=1S/C16H27N3O3/c1-6-8-18-16(17-7-2)19-11-12-9-14(21-4)15(22-5)10-13(12)20-3/h9-10H,6-8,11H2,1-5H3,(H2,17,18,19). The summed E-state index contributed by atoms with van der Waals surface area (Å²) in [4.78, 5) is 4.58. The molecule has 0 aliphatic heterocycles. The molecule has 1 aromatic carbocycles. The monoisotopic (exact) mass is 309 g/mol. The number of nitrogens with one attached hydrogen (secondary N) is 2. The first-order valence-corrected chi connectivity index (χ1v) is 7.51. The second-order valence-corrected chi connectivity index (χ2v) is 4.64. The lowest BCUT2D eigenvalue weighted by atomic mass is 10.1. The van der Waals surface area contributed by atoms with Gasteiger partial charge in [0.1, 0.15) is 5.75 Å². The number of ether oxygens (including phenoxy) is 3. The van der Waals surface area contributed by atoms with Gasteiger partial charge in [0.05, 0.1) is 27.9 Å². The van der Waals surface area contributed by atoms with Crippen molar-refractivity contribution in [3.8, 4) is 17.2 Å². The van der Waals surface area contributed by atoms with Gasteiger partial charge in [0.25, 0.3) is 0 Å². The van der Waals surface area contributed by atoms with Crippen molar-refractivity contribution in [1.29, 1.82) is 0 Å². The molecule has 0 saturated heterocycles. The van der Waals surface area contributed by atoms with Gasteiger partial charge in [-0.3, -0.25) is 0 Å². The fourth-order valence-electron chi connectivity index (χ4n) is 1.97. The summed E-state index contributed by atoms with van der Waals surface area (Å²) in [5, 5.41) is 6.49. The smallest absolute Gasteiger partial charge is 0.191 e. The fraction of sp³-hybridized carbons (Fsp3) is 0.562. The number of nitrogens with zero attached hydrogens (tertiary/aromatic N) is 1. The lowest BCUT2D eigenvalue weighted by Gasteiger charge is -2.14. The van der Waals surface area contributed by atoms with Crippen LogP contribution in [0.15, 0.2) is 17.1 Å². The molecule has 0 aliphatic rings. The van der Waals surface area contributed by atoms with E-state index in [9.17, 15) is 0 Å². The SMILES string of the molecule is CCCNC(=NCc1cc(OC)c(OC)cc1OC)NCC. The quantitative estimate of drug-likeness (QED) is 0.569. The Morgan fingerprint density at radius 2 is 1.59 bits per heavy atom. The maximum absolute atomic E-state index is 5.42. The van der Waals surface area contributed by atoms with Crippen LogP contribution in [0, 0.1) is 0 Å². The summed E-state index contributed by atoms with van der Waals surface area (Å²) in [5.74, 6) is 2.83. The van der Waals surface area contributed by atoms with Gasteiger partial charge in [-0.15, -0.1) is 0 Å². The molecule has 2 N–H and O–H groups in total. The molecule has 0 aromatic heterocycles. The third kappa shape index (κ3) is 5.02. The van der Waals surface area contributed by atoms with E-state index in [-0.39, 0.29) is 0 Å². The zero-order valence-electron chi connectivity index (χ0n) is 14.2. The Bertz CT molecular complexity index is 490. The molecule has 0 atom stereocenters. The van der Waals surface area contributed by atoms with Crippen molar-refractivity contribution < 1.29 is 14.2 Å². The number of benzene rings is 1. The van der Waals surface area contributed by atoms with Gasteiger partial charge in [0, 0.05) is 24.7 Å². The van der Waals surface area contributed by atoms with Gasteiger partial charge in [-0.05, 0) is 19.4 Å². The molecule has 0 heterocycles. The van der Waals surface area contributed by atoms with Crippen LogP contribution < -0.4 is 24.8 Å². The average molecular weight is 309 g/mol. The van der Waals surface area contributed by atoms with Crippen molar-refractivity contribution in [3.63, 3.8) is 0 Å². The first-order valence-electron chi connectivity index (χ1n) is 7.51. The summed E-state index contributed by atoms with van der Waals surface area (Å²) in [6, 6.07) is 3.71. The second kappa shape index (κ2) is 9.76. The third-order valence-corrected chi connectivity index (χ3v) is 3.08. The first-order chi connectivity index (χ1) is 10.7. The van der Waals surface area contributed by atoms with Crippen molar-refractivity contribution >= 4 is 5.96 Å². The Kier molecular flexibility index (Phi) is 7.96. The molecule has 0 aliphatic carbocycles. The highest BCUT2D eigenvalue weighted by Gasteiger charge is 2.11. The van der Waals surface area contributed by atoms with Crippen molar-refractivity contribution in [1.82, 2.24) is 10.6 Å². The largest absolute Gasteiger partial charge is 0.496 e. The maximum atomic E-state index is 5.42. The molecule has 124 valence electrons. The van der Waals surface area contributed by atoms with Crippen LogP contribution in [0.1, 0.15) is 25.8 Å². The van der Waals surface area contributed by atoms with E-state index in [2.05, 4.69) is 22.5 Å². The summed E-state index contributed by atoms with van der Waals surface area (Å²) in [6.45, 7) is 6.35. The average Bonchev–Trinajstić information content (AvgIpc) is 2.56. The Morgan fingerprint density at radius 1 is 0.955 bits per heavy atom. The highest BCUT2D eigenvalue weighted by atomic mass is 16.5. The Labute approximate surface area is 132 Å². The van der Waals surface area contributed by atoms with Gasteiger partial charge in [-0.2, -0.15) is 0 Å². The molecule has 0 saturated carbocycles. The minimum absolute atomic E-state index is 0.489. The van der Waals surface area contributed by atoms with E-state index in [4.69, 9.17) is 14.2 Å². The lowest BCUT2D eigenvalue weighted by Crippen LogP contribution is -2.37. The summed E-state index contributed by atoms with van der Waals surface area (Å²) in [6.07, 6.45) is 1.05. The van der Waals surface area contributed by atoms with E-state index in [1.165, 1.54) is 0 Å². The topological polar surface area (TPSA) is 64.1 Å². The van der Waals surface area contributed by atoms with Crippen LogP contribution in [-0.4, -0.2) is 40.4 Å². The maximum Gasteiger partial charge on any atom is 0.191 e. The summed E-state index contributed by atoms with van der Waals surface area (Å²) >= 11 is 0. The predicted molar refractivity (Wildman–Crippen MR) is 89.2 cm³/mol. The first kappa shape index (κ1) is 17.9. The van der Waals surface area contributed by atoms with Gasteiger partial charge in [0.2, 0.25) is 0 Å². The Balaban J connectivity index is 2.98. The van der Waals surface area contributed by atoms with Crippen LogP contribution in [0.25, 0.3) is 0 Å². The van der Waals surface area contributed by atoms with Crippen LogP contribution >= 0.6 is 0 Å². The highest BCUT2D eigenvalue weighted by Crippen LogP contribution is 2.34. The van der Waals surface area contributed by atoms with E-state index >= 15 is 0 Å². The van der Waals surface area contributed by atoms with Crippen molar-refractivity contribution in [3.05, 3.63) is 17.7 Å². The van der Waals surface area contributed by atoms with Gasteiger partial charge >= 0.3 is 0 Å². The molecule has 0 radical (unpaired) electrons. The molecule has 22 heavy (non-hydrogen) atoms. The number of methoxy groups -OCH3 is 3. The minimum Gasteiger partial charge on any atom is -0.496 e. The predicted octanol–water partition coefficient (Wildman–Crippen LogP) is 2.18. The second-order valence-electron chi connectivity index (χ2n) is 4.64. The number of hydrogen-bond donors (Lipinski definition) is 2. The Hall–Kier alpha value is -2.11. The molecular formula is C16H27N3O3. The van der Waals surface area contributed by atoms with Crippen LogP contribution in [-0.2, 0) is 6.54 Å². The Morgan fingerprint density at radius 3 is 2.14 bits per heavy atom. The number of aliphatic imine (C=N–C) groups is 1. The molecule has 0 bridgehead atoms. The summed E-state index contributed by atoms with van der Waals surface area (Å²) in [7, 11) is 4.85. The van der Waals surface area contributed by atoms with Gasteiger partial charge in [0.15, 0.2) is 17.5 Å². The third-order valence-electron chi connectivity index (χ3n) is 3.08. The van der Waals surface area contributed by atoms with Crippen LogP contribution in [0.3, 0.4) is 0 Å². The minimum atomic E-state index is 0.489. The molecule has 1 rings (SSSR count). The van der Waals surface area contributed by atoms with E-state index in [0.717, 1.165) is 36.8 Å². The molecule has 0 spiro atoms. The van der Waals surface area contributed by atoms with Gasteiger partial charge in [-0.1, -0.05) is 6.92 Å². The van der Waals surface area contributed by atoms with Crippen molar-refractivity contribution in [2.75, 3.05) is 34.4 Å². The lowest BCUT2D eigenvalue weighted by molar-refractivity contribution is 0.347. The zero-order chi connectivity index (χ0) is 16.4. The van der Waals surface area contributed by atoms with Crippen LogP contribution in [0.2, 0.25) is 0 Å². The van der Waals surface area contributed by atoms with Crippen LogP contribution in [0.5, 0.6) is 17.2 Å². The zero-order valence-corrected chi connectivity index (χ0v) is 14.2. The van der Waals surface area contributed by atoms with Crippen molar-refractivity contribution in [2.45, 2.75) is 26.8 Å². The van der Waals surface area contributed by atoms with E-state index in [1.807, 2.05) is 19.1 Å². The van der Waals surface area contributed by atoms with Gasteiger partial charge in [-0.25, -0.2) is 4.99 Å². The number of hydrogen-bond acceptors (Lipinski definition) is 4. The molecule has 0 unspecified atom stereocenters.